The first kappa shape index (κ1) is 26.9. The Bertz CT molecular complexity index is 2070. The minimum absolute atomic E-state index is 0.147. The largest absolute Gasteiger partial charge is 0.493 e. The molecule has 0 aliphatic carbocycles. The molecular weight excluding hydrogens is 538 g/mol. The van der Waals surface area contributed by atoms with E-state index in [1.807, 2.05) is 44.2 Å². The maximum Gasteiger partial charge on any atom is 0.310 e. The van der Waals surface area contributed by atoms with Crippen molar-refractivity contribution in [2.75, 3.05) is 13.7 Å². The number of benzene rings is 2. The van der Waals surface area contributed by atoms with E-state index < -0.39 is 0 Å². The Balaban J connectivity index is 1.42. The summed E-state index contributed by atoms with van der Waals surface area (Å²) < 4.78 is 15.1. The Kier molecular flexibility index (Phi) is 6.49. The molecule has 0 saturated heterocycles. The Labute approximate surface area is 249 Å². The number of rotatable bonds is 5. The third-order valence-corrected chi connectivity index (χ3v) is 8.78. The summed E-state index contributed by atoms with van der Waals surface area (Å²) >= 11 is 0. The van der Waals surface area contributed by atoms with Gasteiger partial charge in [0.05, 0.1) is 43.2 Å². The molecule has 0 amide bonds. The summed E-state index contributed by atoms with van der Waals surface area (Å²) in [4.78, 5) is 22.4. The number of esters is 1. The third-order valence-electron chi connectivity index (χ3n) is 8.78. The second kappa shape index (κ2) is 10.4. The van der Waals surface area contributed by atoms with E-state index in [4.69, 9.17) is 19.4 Å². The lowest BCUT2D eigenvalue weighted by Crippen LogP contribution is -2.12. The summed E-state index contributed by atoms with van der Waals surface area (Å²) in [7, 11) is 5.42. The lowest BCUT2D eigenvalue weighted by Gasteiger charge is -2.23. The molecule has 43 heavy (non-hydrogen) atoms. The normalized spacial score (nSPS) is 12.9. The first-order valence-electron chi connectivity index (χ1n) is 14.5. The molecular formula is C35H33N5O3. The summed E-state index contributed by atoms with van der Waals surface area (Å²) in [5, 5.41) is 6.45. The minimum Gasteiger partial charge on any atom is -0.493 e. The van der Waals surface area contributed by atoms with Gasteiger partial charge < -0.3 is 14.0 Å². The van der Waals surface area contributed by atoms with Gasteiger partial charge in [0.2, 0.25) is 0 Å². The van der Waals surface area contributed by atoms with Gasteiger partial charge in [0.15, 0.2) is 0 Å². The van der Waals surface area contributed by atoms with Gasteiger partial charge in [-0.05, 0) is 90.9 Å². The first-order valence-corrected chi connectivity index (χ1v) is 14.5. The number of pyridine rings is 2. The summed E-state index contributed by atoms with van der Waals surface area (Å²) in [6.45, 7) is 4.87. The molecule has 0 radical (unpaired) electrons. The topological polar surface area (TPSA) is 84.1 Å². The quantitative estimate of drug-likeness (QED) is 0.219. The summed E-state index contributed by atoms with van der Waals surface area (Å²) in [5.41, 5.74) is 12.1. The molecule has 2 aromatic carbocycles. The summed E-state index contributed by atoms with van der Waals surface area (Å²) in [6, 6.07) is 16.8. The van der Waals surface area contributed by atoms with Crippen LogP contribution in [0.15, 0.2) is 60.9 Å². The number of methoxy groups -OCH3 is 1. The average Bonchev–Trinajstić information content (AvgIpc) is 3.56. The van der Waals surface area contributed by atoms with E-state index in [0.717, 1.165) is 92.0 Å². The molecule has 8 nitrogen and oxygen atoms in total. The van der Waals surface area contributed by atoms with E-state index in [1.165, 1.54) is 18.2 Å². The second-order valence-corrected chi connectivity index (χ2v) is 11.3. The number of hydrogen-bond acceptors (Lipinski definition) is 6. The Morgan fingerprint density at radius 3 is 2.74 bits per heavy atom. The predicted molar refractivity (Wildman–Crippen MR) is 168 cm³/mol. The zero-order chi connectivity index (χ0) is 29.8. The molecule has 0 unspecified atom stereocenters. The van der Waals surface area contributed by atoms with Crippen LogP contribution in [0.1, 0.15) is 28.8 Å². The number of aromatic nitrogens is 5. The Morgan fingerprint density at radius 1 is 1.05 bits per heavy atom. The zero-order valence-electron chi connectivity index (χ0n) is 25.1. The number of carbonyl (C=O) groups excluding carboxylic acids is 1. The van der Waals surface area contributed by atoms with Crippen molar-refractivity contribution in [1.29, 1.82) is 0 Å². The maximum absolute atomic E-state index is 12.6. The van der Waals surface area contributed by atoms with Gasteiger partial charge in [-0.25, -0.2) is 4.98 Å². The molecule has 0 atom stereocenters. The lowest BCUT2D eigenvalue weighted by molar-refractivity contribution is -0.139. The fraction of sp³-hybridized carbons (Fsp3) is 0.257. The van der Waals surface area contributed by atoms with Crippen molar-refractivity contribution in [1.82, 2.24) is 24.3 Å². The molecule has 0 fully saturated rings. The van der Waals surface area contributed by atoms with E-state index in [0.29, 0.717) is 0 Å². The van der Waals surface area contributed by atoms with Gasteiger partial charge in [-0.3, -0.25) is 14.5 Å². The zero-order valence-corrected chi connectivity index (χ0v) is 25.1. The highest BCUT2D eigenvalue weighted by molar-refractivity contribution is 6.01. The maximum atomic E-state index is 12.6. The third kappa shape index (κ3) is 4.45. The molecule has 1 aliphatic heterocycles. The van der Waals surface area contributed by atoms with E-state index in [-0.39, 0.29) is 12.4 Å². The van der Waals surface area contributed by atoms with Crippen molar-refractivity contribution < 1.29 is 14.3 Å². The van der Waals surface area contributed by atoms with Gasteiger partial charge in [0.1, 0.15) is 11.4 Å². The van der Waals surface area contributed by atoms with Gasteiger partial charge >= 0.3 is 5.97 Å². The number of hydrogen-bond donors (Lipinski definition) is 0. The van der Waals surface area contributed by atoms with Gasteiger partial charge in [0, 0.05) is 47.9 Å². The van der Waals surface area contributed by atoms with Crippen molar-refractivity contribution >= 4 is 27.9 Å². The van der Waals surface area contributed by atoms with E-state index in [2.05, 4.69) is 59.1 Å². The standard InChI is InChI=1S/C35H33N5O3/c1-20-25-7-6-14-43-32(25)11-9-26(20)34-27(18-33(41)42-5)21(2)38-35-28(34)17-31(39(35)3)23-12-13-36-29(16-23)22-8-10-30-24(15-22)19-37-40(30)4/h8-13,15-17,19H,6-7,14,18H2,1-5H3. The predicted octanol–water partition coefficient (Wildman–Crippen LogP) is 6.51. The fourth-order valence-electron chi connectivity index (χ4n) is 6.45. The highest BCUT2D eigenvalue weighted by Gasteiger charge is 2.24. The molecule has 0 N–H and O–H groups in total. The molecule has 0 bridgehead atoms. The van der Waals surface area contributed by atoms with E-state index in [1.54, 1.807) is 0 Å². The molecule has 4 aromatic heterocycles. The fourth-order valence-corrected chi connectivity index (χ4v) is 6.45. The average molecular weight is 572 g/mol. The van der Waals surface area contributed by atoms with Crippen LogP contribution in [0.5, 0.6) is 5.75 Å². The molecule has 6 aromatic rings. The molecule has 0 saturated carbocycles. The van der Waals surface area contributed by atoms with Gasteiger partial charge in [-0.15, -0.1) is 0 Å². The van der Waals surface area contributed by atoms with Crippen LogP contribution >= 0.6 is 0 Å². The van der Waals surface area contributed by atoms with Gasteiger partial charge in [-0.1, -0.05) is 12.1 Å². The van der Waals surface area contributed by atoms with E-state index >= 15 is 0 Å². The van der Waals surface area contributed by atoms with Crippen molar-refractivity contribution in [3.8, 4) is 39.4 Å². The SMILES string of the molecule is COC(=O)Cc1c(C)nc2c(cc(-c3ccnc(-c4ccc5c(cnn5C)c4)c3)n2C)c1-c1ccc2c(c1C)CCCO2. The Hall–Kier alpha value is -4.98. The molecule has 8 heteroatoms. The van der Waals surface area contributed by atoms with Gasteiger partial charge in [0.25, 0.3) is 0 Å². The van der Waals surface area contributed by atoms with Crippen molar-refractivity contribution in [3.05, 3.63) is 83.3 Å². The number of fused-ring (bicyclic) bond motifs is 3. The Morgan fingerprint density at radius 2 is 1.91 bits per heavy atom. The summed E-state index contributed by atoms with van der Waals surface area (Å²) in [5.74, 6) is 0.663. The van der Waals surface area contributed by atoms with Crippen molar-refractivity contribution in [2.45, 2.75) is 33.1 Å². The minimum atomic E-state index is -0.287. The molecule has 1 aliphatic rings. The smallest absolute Gasteiger partial charge is 0.310 e. The number of ether oxygens (including phenoxy) is 2. The number of aryl methyl sites for hydroxylation is 3. The second-order valence-electron chi connectivity index (χ2n) is 11.3. The van der Waals surface area contributed by atoms with Crippen LogP contribution in [0, 0.1) is 13.8 Å². The van der Waals surface area contributed by atoms with Crippen LogP contribution in [-0.4, -0.2) is 44.0 Å². The highest BCUT2D eigenvalue weighted by Crippen LogP contribution is 2.42. The highest BCUT2D eigenvalue weighted by atomic mass is 16.5. The van der Waals surface area contributed by atoms with Crippen LogP contribution < -0.4 is 4.74 Å². The van der Waals surface area contributed by atoms with E-state index in [9.17, 15) is 4.79 Å². The van der Waals surface area contributed by atoms with Crippen LogP contribution in [0.25, 0.3) is 55.6 Å². The number of carbonyl (C=O) groups is 1. The molecule has 216 valence electrons. The monoisotopic (exact) mass is 571 g/mol. The van der Waals surface area contributed by atoms with Crippen LogP contribution in [0.3, 0.4) is 0 Å². The molecule has 5 heterocycles. The van der Waals surface area contributed by atoms with Crippen LogP contribution in [-0.2, 0) is 36.5 Å². The van der Waals surface area contributed by atoms with Crippen molar-refractivity contribution in [2.24, 2.45) is 14.1 Å². The summed E-state index contributed by atoms with van der Waals surface area (Å²) in [6.07, 6.45) is 5.84. The molecule has 7 rings (SSSR count). The van der Waals surface area contributed by atoms with Crippen LogP contribution in [0.2, 0.25) is 0 Å². The lowest BCUT2D eigenvalue weighted by atomic mass is 9.88. The van der Waals surface area contributed by atoms with Crippen molar-refractivity contribution in [3.63, 3.8) is 0 Å². The number of nitrogens with zero attached hydrogens (tertiary/aromatic N) is 5. The molecule has 0 spiro atoms. The van der Waals surface area contributed by atoms with Gasteiger partial charge in [-0.2, -0.15) is 5.10 Å². The van der Waals surface area contributed by atoms with Crippen LogP contribution in [0.4, 0.5) is 0 Å². The first-order chi connectivity index (χ1) is 20.8.